The monoisotopic (exact) mass is 493 g/mol. The molecule has 0 N–H and O–H groups in total. The van der Waals surface area contributed by atoms with Crippen molar-refractivity contribution in [1.29, 1.82) is 0 Å². The van der Waals surface area contributed by atoms with E-state index in [0.29, 0.717) is 29.8 Å². The summed E-state index contributed by atoms with van der Waals surface area (Å²) in [6.07, 6.45) is 7.03. The lowest BCUT2D eigenvalue weighted by molar-refractivity contribution is -0.137. The third-order valence-electron chi connectivity index (χ3n) is 6.68. The molecule has 0 unspecified atom stereocenters. The number of carbonyl (C=O) groups excluding carboxylic acids is 1. The van der Waals surface area contributed by atoms with Crippen LogP contribution in [-0.2, 0) is 19.6 Å². The molecule has 182 valence electrons. The van der Waals surface area contributed by atoms with E-state index in [1.54, 1.807) is 49.5 Å². The number of ether oxygens (including phenoxy) is 1. The molecule has 1 aromatic carbocycles. The molecule has 0 saturated heterocycles. The number of benzene rings is 1. The van der Waals surface area contributed by atoms with Gasteiger partial charge in [0.15, 0.2) is 11.3 Å². The van der Waals surface area contributed by atoms with E-state index in [-0.39, 0.29) is 22.7 Å². The average Bonchev–Trinajstić information content (AvgIpc) is 3.55. The van der Waals surface area contributed by atoms with Gasteiger partial charge in [-0.3, -0.25) is 4.40 Å². The third-order valence-corrected chi connectivity index (χ3v) is 8.36. The number of rotatable bonds is 6. The van der Waals surface area contributed by atoms with Crippen LogP contribution in [0.1, 0.15) is 50.4 Å². The van der Waals surface area contributed by atoms with Crippen LogP contribution in [0.2, 0.25) is 0 Å². The molecule has 0 aliphatic heterocycles. The van der Waals surface area contributed by atoms with Crippen molar-refractivity contribution in [3.05, 3.63) is 65.8 Å². The smallest absolute Gasteiger partial charge is 0.330 e. The molecule has 1 aliphatic carbocycles. The summed E-state index contributed by atoms with van der Waals surface area (Å²) in [5.74, 6) is 0.745. The number of esters is 1. The first-order valence-corrected chi connectivity index (χ1v) is 13.2. The highest BCUT2D eigenvalue weighted by molar-refractivity contribution is 7.90. The highest BCUT2D eigenvalue weighted by Crippen LogP contribution is 2.44. The summed E-state index contributed by atoms with van der Waals surface area (Å²) in [6.45, 7) is 6.16. The van der Waals surface area contributed by atoms with Crippen molar-refractivity contribution in [2.75, 3.05) is 6.61 Å². The van der Waals surface area contributed by atoms with Crippen molar-refractivity contribution in [2.45, 2.75) is 50.8 Å². The normalized spacial score (nSPS) is 19.7. The highest BCUT2D eigenvalue weighted by atomic mass is 32.2. The van der Waals surface area contributed by atoms with Crippen LogP contribution in [-0.4, -0.2) is 44.5 Å². The van der Waals surface area contributed by atoms with Crippen LogP contribution in [0.25, 0.3) is 16.8 Å². The molecule has 0 spiro atoms. The zero-order chi connectivity index (χ0) is 24.7. The molecule has 35 heavy (non-hydrogen) atoms. The number of carbonyl (C=O) groups is 1. The van der Waals surface area contributed by atoms with Crippen LogP contribution in [0, 0.1) is 12.8 Å². The Morgan fingerprint density at radius 2 is 1.91 bits per heavy atom. The Morgan fingerprint density at radius 3 is 2.63 bits per heavy atom. The van der Waals surface area contributed by atoms with E-state index in [9.17, 15) is 13.2 Å². The average molecular weight is 494 g/mol. The summed E-state index contributed by atoms with van der Waals surface area (Å²) in [4.78, 5) is 16.6. The minimum Gasteiger partial charge on any atom is -0.463 e. The fourth-order valence-electron chi connectivity index (χ4n) is 4.92. The predicted molar refractivity (Wildman–Crippen MR) is 131 cm³/mol. The molecule has 0 amide bonds. The molecular weight excluding hydrogens is 466 g/mol. The summed E-state index contributed by atoms with van der Waals surface area (Å²) in [6, 6.07) is 8.48. The van der Waals surface area contributed by atoms with Gasteiger partial charge in [0.2, 0.25) is 0 Å². The van der Waals surface area contributed by atoms with Gasteiger partial charge in [0.1, 0.15) is 5.82 Å². The maximum atomic E-state index is 13.4. The number of aryl methyl sites for hydroxylation is 1. The van der Waals surface area contributed by atoms with Crippen LogP contribution in [0.4, 0.5) is 0 Å². The molecule has 1 aliphatic rings. The second-order valence-electron chi connectivity index (χ2n) is 8.89. The van der Waals surface area contributed by atoms with Gasteiger partial charge >= 0.3 is 5.97 Å². The third kappa shape index (κ3) is 4.01. The Morgan fingerprint density at radius 1 is 1.14 bits per heavy atom. The molecule has 3 heterocycles. The Hall–Kier alpha value is -3.53. The number of hydrogen-bond acceptors (Lipinski definition) is 7. The van der Waals surface area contributed by atoms with Gasteiger partial charge in [0.25, 0.3) is 10.0 Å². The Labute approximate surface area is 203 Å². The van der Waals surface area contributed by atoms with Crippen LogP contribution >= 0.6 is 0 Å². The predicted octanol–water partition coefficient (Wildman–Crippen LogP) is 4.02. The molecule has 2 atom stereocenters. The van der Waals surface area contributed by atoms with Gasteiger partial charge < -0.3 is 4.74 Å². The Kier molecular flexibility index (Phi) is 5.92. The van der Waals surface area contributed by atoms with Gasteiger partial charge in [0.05, 0.1) is 23.2 Å². The number of fused-ring (bicyclic) bond motifs is 3. The fourth-order valence-corrected chi connectivity index (χ4v) is 6.22. The lowest BCUT2D eigenvalue weighted by atomic mass is 9.93. The summed E-state index contributed by atoms with van der Waals surface area (Å²) >= 11 is 0. The number of allylic oxidation sites excluding steroid dienone is 1. The maximum Gasteiger partial charge on any atom is 0.330 e. The topological polar surface area (TPSA) is 108 Å². The Balaban J connectivity index is 1.60. The molecular formula is C25H27N5O4S. The van der Waals surface area contributed by atoms with Gasteiger partial charge in [-0.2, -0.15) is 0 Å². The molecule has 1 fully saturated rings. The molecule has 0 bridgehead atoms. The SMILES string of the molecule is CCOC(=O)C=C1C[C@@H](CC)[C@@H](c2nnc3cnc4c(ccn4S(=O)(=O)c4ccc(C)cc4)n23)C1. The Bertz CT molecular complexity index is 1550. The van der Waals surface area contributed by atoms with Crippen molar-refractivity contribution in [2.24, 2.45) is 5.92 Å². The second kappa shape index (κ2) is 8.92. The number of nitrogens with zero attached hydrogens (tertiary/aromatic N) is 5. The van der Waals surface area contributed by atoms with E-state index in [2.05, 4.69) is 22.1 Å². The quantitative estimate of drug-likeness (QED) is 0.295. The lowest BCUT2D eigenvalue weighted by Crippen LogP contribution is -2.13. The molecule has 9 nitrogen and oxygen atoms in total. The summed E-state index contributed by atoms with van der Waals surface area (Å²) in [5, 5.41) is 8.80. The first-order chi connectivity index (χ1) is 16.8. The van der Waals surface area contributed by atoms with Gasteiger partial charge in [-0.25, -0.2) is 22.2 Å². The van der Waals surface area contributed by atoms with Gasteiger partial charge in [0, 0.05) is 18.2 Å². The van der Waals surface area contributed by atoms with E-state index in [1.807, 2.05) is 11.3 Å². The maximum absolute atomic E-state index is 13.4. The van der Waals surface area contributed by atoms with E-state index in [4.69, 9.17) is 4.74 Å². The van der Waals surface area contributed by atoms with Crippen LogP contribution in [0.15, 0.2) is 59.3 Å². The van der Waals surface area contributed by atoms with E-state index in [0.717, 1.165) is 29.8 Å². The van der Waals surface area contributed by atoms with Gasteiger partial charge in [-0.15, -0.1) is 10.2 Å². The van der Waals surface area contributed by atoms with E-state index in [1.165, 1.54) is 10.2 Å². The second-order valence-corrected chi connectivity index (χ2v) is 10.7. The number of aromatic nitrogens is 5. The van der Waals surface area contributed by atoms with Gasteiger partial charge in [-0.1, -0.05) is 36.6 Å². The van der Waals surface area contributed by atoms with Gasteiger partial charge in [-0.05, 0) is 50.8 Å². The molecule has 5 rings (SSSR count). The van der Waals surface area contributed by atoms with Crippen molar-refractivity contribution >= 4 is 32.8 Å². The molecule has 0 radical (unpaired) electrons. The lowest BCUT2D eigenvalue weighted by Gasteiger charge is -2.16. The largest absolute Gasteiger partial charge is 0.463 e. The first-order valence-electron chi connectivity index (χ1n) is 11.7. The zero-order valence-electron chi connectivity index (χ0n) is 19.9. The van der Waals surface area contributed by atoms with Crippen LogP contribution in [0.3, 0.4) is 0 Å². The zero-order valence-corrected chi connectivity index (χ0v) is 20.7. The molecule has 10 heteroatoms. The van der Waals surface area contributed by atoms with Crippen molar-refractivity contribution in [3.8, 4) is 0 Å². The van der Waals surface area contributed by atoms with Crippen LogP contribution in [0.5, 0.6) is 0 Å². The van der Waals surface area contributed by atoms with Crippen molar-refractivity contribution < 1.29 is 17.9 Å². The standard InChI is InChI=1S/C25H27N5O4S/c1-4-18-12-17(14-23(31)34-5-2)13-20(18)24-28-27-22-15-26-25-21(30(22)24)10-11-29(25)35(32,33)19-8-6-16(3)7-9-19/h6-11,14-15,18,20H,4-5,12-13H2,1-3H3/t18-,20+/m1/s1. The minimum atomic E-state index is -3.83. The molecule has 3 aromatic heterocycles. The summed E-state index contributed by atoms with van der Waals surface area (Å²) in [5.41, 5.74) is 3.49. The van der Waals surface area contributed by atoms with E-state index < -0.39 is 10.0 Å². The summed E-state index contributed by atoms with van der Waals surface area (Å²) in [7, 11) is -3.83. The molecule has 4 aromatic rings. The summed E-state index contributed by atoms with van der Waals surface area (Å²) < 4.78 is 34.9. The van der Waals surface area contributed by atoms with Crippen molar-refractivity contribution in [1.82, 2.24) is 23.6 Å². The van der Waals surface area contributed by atoms with Crippen molar-refractivity contribution in [3.63, 3.8) is 0 Å². The van der Waals surface area contributed by atoms with Crippen LogP contribution < -0.4 is 0 Å². The van der Waals surface area contributed by atoms with E-state index >= 15 is 0 Å². The molecule has 1 saturated carbocycles. The minimum absolute atomic E-state index is 0.0401. The fraction of sp³-hybridized carbons (Fsp3) is 0.360. The number of hydrogen-bond donors (Lipinski definition) is 0. The highest BCUT2D eigenvalue weighted by Gasteiger charge is 2.35. The first kappa shape index (κ1) is 23.2.